The van der Waals surface area contributed by atoms with Gasteiger partial charge in [-0.1, -0.05) is 121 Å². The van der Waals surface area contributed by atoms with Crippen LogP contribution in [0.25, 0.3) is 0 Å². The Morgan fingerprint density at radius 2 is 1.04 bits per heavy atom. The Kier molecular flexibility index (Phi) is 11.5. The number of hydrogen-bond donors (Lipinski definition) is 1. The summed E-state index contributed by atoms with van der Waals surface area (Å²) in [4.78, 5) is 13.4. The van der Waals surface area contributed by atoms with Crippen molar-refractivity contribution in [1.82, 2.24) is 0 Å². The first-order chi connectivity index (χ1) is 23.5. The van der Waals surface area contributed by atoms with Crippen molar-refractivity contribution in [3.05, 3.63) is 171 Å². The molecule has 0 amide bonds. The van der Waals surface area contributed by atoms with Gasteiger partial charge in [-0.15, -0.1) is 0 Å². The molecule has 248 valence electrons. The zero-order valence-corrected chi connectivity index (χ0v) is 26.9. The minimum atomic E-state index is -1.06. The van der Waals surface area contributed by atoms with Gasteiger partial charge in [0, 0.05) is 6.07 Å². The Morgan fingerprint density at radius 3 is 1.52 bits per heavy atom. The molecule has 8 nitrogen and oxygen atoms in total. The second-order valence-electron chi connectivity index (χ2n) is 11.8. The van der Waals surface area contributed by atoms with Gasteiger partial charge in [-0.25, -0.2) is 4.79 Å². The lowest BCUT2D eigenvalue weighted by Crippen LogP contribution is -2.58. The highest BCUT2D eigenvalue weighted by atomic mass is 16.6. The molecular formula is C40H40O8. The van der Waals surface area contributed by atoms with Crippen molar-refractivity contribution in [3.8, 4) is 5.75 Å². The molecule has 48 heavy (non-hydrogen) atoms. The molecule has 4 aromatic carbocycles. The van der Waals surface area contributed by atoms with Crippen LogP contribution in [0, 0.1) is 6.92 Å². The van der Waals surface area contributed by atoms with Gasteiger partial charge in [0.2, 0.25) is 0 Å². The van der Waals surface area contributed by atoms with Gasteiger partial charge >= 0.3 is 5.63 Å². The molecule has 1 aromatic heterocycles. The van der Waals surface area contributed by atoms with Crippen LogP contribution in [0.1, 0.15) is 39.7 Å². The Balaban J connectivity index is 1.38. The molecule has 1 N–H and O–H groups in total. The fourth-order valence-corrected chi connectivity index (χ4v) is 5.89. The first-order valence-corrected chi connectivity index (χ1v) is 16.1. The summed E-state index contributed by atoms with van der Waals surface area (Å²) in [6, 6.07) is 40.7. The largest absolute Gasteiger partial charge is 0.507 e. The third kappa shape index (κ3) is 8.66. The van der Waals surface area contributed by atoms with Gasteiger partial charge in [-0.05, 0) is 29.2 Å². The summed E-state index contributed by atoms with van der Waals surface area (Å²) in [7, 11) is 0. The van der Waals surface area contributed by atoms with E-state index in [2.05, 4.69) is 0 Å². The van der Waals surface area contributed by atoms with E-state index in [9.17, 15) is 9.90 Å². The summed E-state index contributed by atoms with van der Waals surface area (Å²) in [5.41, 5.74) is 3.11. The van der Waals surface area contributed by atoms with Crippen LogP contribution in [-0.2, 0) is 50.1 Å². The van der Waals surface area contributed by atoms with Gasteiger partial charge in [-0.3, -0.25) is 0 Å². The molecule has 6 rings (SSSR count). The third-order valence-electron chi connectivity index (χ3n) is 8.26. The van der Waals surface area contributed by atoms with Crippen molar-refractivity contribution in [3.63, 3.8) is 0 Å². The molecule has 1 saturated heterocycles. The van der Waals surface area contributed by atoms with Gasteiger partial charge in [0.05, 0.1) is 33.0 Å². The van der Waals surface area contributed by atoms with Gasteiger partial charge in [0.25, 0.3) is 0 Å². The van der Waals surface area contributed by atoms with Crippen LogP contribution in [0.4, 0.5) is 0 Å². The zero-order chi connectivity index (χ0) is 33.1. The SMILES string of the molecule is Cc1cc(O)c([C@@H]2O[C@H](COCc3ccccc3)[C@H](OCc3ccccc3)[C@H](OCc3ccccc3)[C@H]2OCc2ccccc2)c(=O)o1. The van der Waals surface area contributed by atoms with Crippen LogP contribution in [0.15, 0.2) is 137 Å². The topological polar surface area (TPSA) is 96.6 Å². The van der Waals surface area contributed by atoms with E-state index in [-0.39, 0.29) is 43.5 Å². The normalized spacial score (nSPS) is 20.8. The molecule has 8 heteroatoms. The van der Waals surface area contributed by atoms with E-state index in [1.807, 2.05) is 121 Å². The van der Waals surface area contributed by atoms with Crippen molar-refractivity contribution in [2.24, 2.45) is 0 Å². The molecule has 0 bridgehead atoms. The Morgan fingerprint density at radius 1 is 0.604 bits per heavy atom. The van der Waals surface area contributed by atoms with E-state index in [4.69, 9.17) is 28.1 Å². The van der Waals surface area contributed by atoms with Gasteiger partial charge in [0.1, 0.15) is 47.6 Å². The molecule has 2 heterocycles. The number of benzene rings is 4. The zero-order valence-electron chi connectivity index (χ0n) is 26.9. The maximum Gasteiger partial charge on any atom is 0.345 e. The predicted octanol–water partition coefficient (Wildman–Crippen LogP) is 7.07. The smallest absolute Gasteiger partial charge is 0.345 e. The first kappa shape index (κ1) is 33.3. The van der Waals surface area contributed by atoms with Crippen LogP contribution in [0.3, 0.4) is 0 Å². The van der Waals surface area contributed by atoms with Crippen LogP contribution >= 0.6 is 0 Å². The van der Waals surface area contributed by atoms with Crippen LogP contribution < -0.4 is 5.63 Å². The molecule has 0 aliphatic carbocycles. The van der Waals surface area contributed by atoms with E-state index >= 15 is 0 Å². The highest BCUT2D eigenvalue weighted by Crippen LogP contribution is 2.40. The molecule has 0 saturated carbocycles. The van der Waals surface area contributed by atoms with Crippen molar-refractivity contribution in [2.75, 3.05) is 6.61 Å². The molecular weight excluding hydrogens is 608 g/mol. The van der Waals surface area contributed by atoms with Crippen LogP contribution in [-0.4, -0.2) is 36.1 Å². The van der Waals surface area contributed by atoms with E-state index in [0.717, 1.165) is 22.3 Å². The summed E-state index contributed by atoms with van der Waals surface area (Å²) in [5, 5.41) is 11.2. The minimum absolute atomic E-state index is 0.0402. The minimum Gasteiger partial charge on any atom is -0.507 e. The van der Waals surface area contributed by atoms with Crippen molar-refractivity contribution >= 4 is 0 Å². The average molecular weight is 649 g/mol. The molecule has 1 fully saturated rings. The highest BCUT2D eigenvalue weighted by molar-refractivity contribution is 5.33. The molecule has 0 unspecified atom stereocenters. The van der Waals surface area contributed by atoms with Crippen LogP contribution in [0.2, 0.25) is 0 Å². The van der Waals surface area contributed by atoms with Gasteiger partial charge in [0.15, 0.2) is 0 Å². The van der Waals surface area contributed by atoms with Crippen molar-refractivity contribution in [1.29, 1.82) is 0 Å². The van der Waals surface area contributed by atoms with Crippen molar-refractivity contribution < 1.29 is 33.2 Å². The molecule has 1 aliphatic heterocycles. The Labute approximate surface area is 280 Å². The lowest BCUT2D eigenvalue weighted by atomic mass is 9.90. The van der Waals surface area contributed by atoms with Crippen molar-refractivity contribution in [2.45, 2.75) is 63.9 Å². The average Bonchev–Trinajstić information content (AvgIpc) is 3.11. The lowest BCUT2D eigenvalue weighted by molar-refractivity contribution is -0.275. The van der Waals surface area contributed by atoms with Gasteiger partial charge in [-0.2, -0.15) is 0 Å². The Bertz CT molecular complexity index is 1740. The van der Waals surface area contributed by atoms with Crippen LogP contribution in [0.5, 0.6) is 5.75 Å². The maximum absolute atomic E-state index is 13.4. The summed E-state index contributed by atoms with van der Waals surface area (Å²) in [5.74, 6) is 0.0407. The molecule has 0 radical (unpaired) electrons. The number of rotatable bonds is 14. The van der Waals surface area contributed by atoms with E-state index in [1.54, 1.807) is 6.92 Å². The third-order valence-corrected chi connectivity index (χ3v) is 8.26. The fraction of sp³-hybridized carbons (Fsp3) is 0.275. The predicted molar refractivity (Wildman–Crippen MR) is 180 cm³/mol. The number of aromatic hydroxyl groups is 1. The number of ether oxygens (including phenoxy) is 5. The van der Waals surface area contributed by atoms with E-state index in [1.165, 1.54) is 6.07 Å². The molecule has 0 spiro atoms. The number of hydrogen-bond acceptors (Lipinski definition) is 8. The fourth-order valence-electron chi connectivity index (χ4n) is 5.89. The maximum atomic E-state index is 13.4. The quantitative estimate of drug-likeness (QED) is 0.137. The van der Waals surface area contributed by atoms with E-state index in [0.29, 0.717) is 6.61 Å². The molecule has 1 aliphatic rings. The number of aryl methyl sites for hydroxylation is 1. The standard InChI is InChI=1S/C40H40O8/c1-28-22-33(41)35(40(42)47-28)37-39(46-26-32-20-12-5-13-21-32)38(45-25-31-18-10-4-11-19-31)36(44-24-30-16-8-3-9-17-30)34(48-37)27-43-23-29-14-6-2-7-15-29/h2-22,34,36-39,41H,23-27H2,1H3/t34-,36+,37+,38+,39+/m1/s1. The summed E-state index contributed by atoms with van der Waals surface area (Å²) in [6.07, 6.45) is -4.08. The highest BCUT2D eigenvalue weighted by Gasteiger charge is 2.50. The lowest BCUT2D eigenvalue weighted by Gasteiger charge is -2.46. The second-order valence-corrected chi connectivity index (χ2v) is 11.8. The van der Waals surface area contributed by atoms with E-state index < -0.39 is 36.1 Å². The monoisotopic (exact) mass is 648 g/mol. The molecule has 5 aromatic rings. The summed E-state index contributed by atoms with van der Waals surface area (Å²) >= 11 is 0. The first-order valence-electron chi connectivity index (χ1n) is 16.1. The second kappa shape index (κ2) is 16.5. The van der Waals surface area contributed by atoms with Gasteiger partial charge < -0.3 is 33.2 Å². The Hall–Kier alpha value is -4.57. The summed E-state index contributed by atoms with van der Waals surface area (Å²) < 4.78 is 38.4. The molecule has 5 atom stereocenters. The summed E-state index contributed by atoms with van der Waals surface area (Å²) in [6.45, 7) is 2.81.